The van der Waals surface area contributed by atoms with Crippen molar-refractivity contribution in [2.45, 2.75) is 20.0 Å². The summed E-state index contributed by atoms with van der Waals surface area (Å²) in [6, 6.07) is 10.8. The van der Waals surface area contributed by atoms with Crippen molar-refractivity contribution in [1.82, 2.24) is 10.2 Å². The van der Waals surface area contributed by atoms with Gasteiger partial charge >= 0.3 is 0 Å². The van der Waals surface area contributed by atoms with Gasteiger partial charge in [-0.15, -0.1) is 0 Å². The average molecular weight is 288 g/mol. The minimum absolute atomic E-state index is 0.0422. The summed E-state index contributed by atoms with van der Waals surface area (Å²) in [7, 11) is 0. The van der Waals surface area contributed by atoms with E-state index in [0.717, 1.165) is 11.3 Å². The fraction of sp³-hybridized carbons (Fsp3) is 0.312. The lowest BCUT2D eigenvalue weighted by Crippen LogP contribution is -2.36. The van der Waals surface area contributed by atoms with Crippen molar-refractivity contribution < 1.29 is 14.3 Å². The number of nitrogens with zero attached hydrogens (tertiary/aromatic N) is 1. The number of phenolic OH excluding ortho intramolecular Hbond substituents is 1. The number of furan rings is 1. The zero-order valence-corrected chi connectivity index (χ0v) is 12.1. The third-order valence-electron chi connectivity index (χ3n) is 3.09. The molecule has 112 valence electrons. The van der Waals surface area contributed by atoms with Gasteiger partial charge in [-0.3, -0.25) is 9.69 Å². The molecule has 0 saturated heterocycles. The molecular weight excluding hydrogens is 268 g/mol. The van der Waals surface area contributed by atoms with E-state index >= 15 is 0 Å². The lowest BCUT2D eigenvalue weighted by Gasteiger charge is -2.21. The average Bonchev–Trinajstić information content (AvgIpc) is 2.94. The molecule has 2 N–H and O–H groups in total. The number of para-hydroxylation sites is 1. The monoisotopic (exact) mass is 288 g/mol. The van der Waals surface area contributed by atoms with Crippen LogP contribution in [0.15, 0.2) is 47.1 Å². The van der Waals surface area contributed by atoms with Crippen molar-refractivity contribution in [3.8, 4) is 5.75 Å². The number of aromatic hydroxyl groups is 1. The summed E-state index contributed by atoms with van der Waals surface area (Å²) < 4.78 is 5.34. The number of amides is 1. The molecule has 5 heteroatoms. The molecule has 0 bridgehead atoms. The quantitative estimate of drug-likeness (QED) is 0.819. The number of phenols is 1. The first-order chi connectivity index (χ1) is 10.2. The Balaban J connectivity index is 2.07. The van der Waals surface area contributed by atoms with Crippen LogP contribution in [-0.2, 0) is 17.9 Å². The van der Waals surface area contributed by atoms with E-state index in [1.165, 1.54) is 0 Å². The Labute approximate surface area is 124 Å². The van der Waals surface area contributed by atoms with Gasteiger partial charge in [0.1, 0.15) is 11.5 Å². The summed E-state index contributed by atoms with van der Waals surface area (Å²) in [4.78, 5) is 13.7. The maximum Gasteiger partial charge on any atom is 0.234 e. The molecule has 0 aliphatic rings. The van der Waals surface area contributed by atoms with Gasteiger partial charge in [-0.1, -0.05) is 18.2 Å². The molecule has 0 spiro atoms. The molecule has 2 rings (SSSR count). The number of hydrogen-bond acceptors (Lipinski definition) is 4. The Morgan fingerprint density at radius 1 is 1.24 bits per heavy atom. The number of benzene rings is 1. The van der Waals surface area contributed by atoms with Gasteiger partial charge in [0.25, 0.3) is 0 Å². The highest BCUT2D eigenvalue weighted by molar-refractivity contribution is 5.77. The lowest BCUT2D eigenvalue weighted by atomic mass is 10.2. The predicted molar refractivity (Wildman–Crippen MR) is 79.6 cm³/mol. The second kappa shape index (κ2) is 7.50. The zero-order valence-electron chi connectivity index (χ0n) is 12.1. The first-order valence-corrected chi connectivity index (χ1v) is 6.97. The predicted octanol–water partition coefficient (Wildman–Crippen LogP) is 2.12. The standard InChI is InChI=1S/C16H20N2O3/c1-2-17-16(20)12-18(11-14-7-5-9-21-14)10-13-6-3-4-8-15(13)19/h3-9,19H,2,10-12H2,1H3,(H,17,20). The fourth-order valence-electron chi connectivity index (χ4n) is 2.13. The van der Waals surface area contributed by atoms with E-state index < -0.39 is 0 Å². The highest BCUT2D eigenvalue weighted by Crippen LogP contribution is 2.19. The van der Waals surface area contributed by atoms with E-state index in [-0.39, 0.29) is 18.2 Å². The molecule has 0 unspecified atom stereocenters. The van der Waals surface area contributed by atoms with Gasteiger partial charge in [0.15, 0.2) is 0 Å². The van der Waals surface area contributed by atoms with Gasteiger partial charge in [-0.25, -0.2) is 0 Å². The normalized spacial score (nSPS) is 10.8. The molecule has 1 aromatic carbocycles. The molecule has 0 aliphatic heterocycles. The van der Waals surface area contributed by atoms with Gasteiger partial charge in [0.05, 0.1) is 19.4 Å². The van der Waals surface area contributed by atoms with E-state index in [4.69, 9.17) is 4.42 Å². The van der Waals surface area contributed by atoms with Gasteiger partial charge in [0, 0.05) is 18.7 Å². The molecule has 0 atom stereocenters. The maximum absolute atomic E-state index is 11.8. The number of nitrogens with one attached hydrogen (secondary N) is 1. The van der Waals surface area contributed by atoms with Gasteiger partial charge in [0.2, 0.25) is 5.91 Å². The van der Waals surface area contributed by atoms with Crippen LogP contribution in [-0.4, -0.2) is 29.0 Å². The van der Waals surface area contributed by atoms with Gasteiger partial charge in [-0.05, 0) is 25.1 Å². The van der Waals surface area contributed by atoms with Crippen LogP contribution in [0.25, 0.3) is 0 Å². The Bertz CT molecular complexity index is 567. The summed E-state index contributed by atoms with van der Waals surface area (Å²) in [5.74, 6) is 0.979. The van der Waals surface area contributed by atoms with Crippen LogP contribution in [0.4, 0.5) is 0 Å². The second-order valence-corrected chi connectivity index (χ2v) is 4.81. The number of hydrogen-bond donors (Lipinski definition) is 2. The summed E-state index contributed by atoms with van der Waals surface area (Å²) in [5, 5.41) is 12.7. The van der Waals surface area contributed by atoms with Crippen molar-refractivity contribution in [2.75, 3.05) is 13.1 Å². The first-order valence-electron chi connectivity index (χ1n) is 6.97. The van der Waals surface area contributed by atoms with Crippen LogP contribution >= 0.6 is 0 Å². The van der Waals surface area contributed by atoms with Crippen molar-refractivity contribution >= 4 is 5.91 Å². The van der Waals surface area contributed by atoms with Crippen LogP contribution < -0.4 is 5.32 Å². The second-order valence-electron chi connectivity index (χ2n) is 4.81. The highest BCUT2D eigenvalue weighted by atomic mass is 16.3. The summed E-state index contributed by atoms with van der Waals surface area (Å²) in [6.45, 7) is 3.73. The molecule has 1 aromatic heterocycles. The largest absolute Gasteiger partial charge is 0.508 e. The first kappa shape index (κ1) is 15.1. The molecule has 2 aromatic rings. The Morgan fingerprint density at radius 3 is 2.71 bits per heavy atom. The smallest absolute Gasteiger partial charge is 0.234 e. The van der Waals surface area contributed by atoms with E-state index in [2.05, 4.69) is 5.32 Å². The SMILES string of the molecule is CCNC(=O)CN(Cc1ccco1)Cc1ccccc1O. The minimum Gasteiger partial charge on any atom is -0.508 e. The van der Waals surface area contributed by atoms with Crippen LogP contribution in [0, 0.1) is 0 Å². The van der Waals surface area contributed by atoms with Crippen molar-refractivity contribution in [3.05, 3.63) is 54.0 Å². The number of likely N-dealkylation sites (N-methyl/N-ethyl adjacent to an activating group) is 1. The third kappa shape index (κ3) is 4.65. The Hall–Kier alpha value is -2.27. The Kier molecular flexibility index (Phi) is 5.40. The highest BCUT2D eigenvalue weighted by Gasteiger charge is 2.14. The van der Waals surface area contributed by atoms with E-state index in [0.29, 0.717) is 19.6 Å². The van der Waals surface area contributed by atoms with Crippen LogP contribution in [0.1, 0.15) is 18.2 Å². The molecule has 0 aliphatic carbocycles. The molecule has 0 fully saturated rings. The molecular formula is C16H20N2O3. The van der Waals surface area contributed by atoms with Gasteiger partial charge < -0.3 is 14.8 Å². The topological polar surface area (TPSA) is 65.7 Å². The van der Waals surface area contributed by atoms with Gasteiger partial charge in [-0.2, -0.15) is 0 Å². The number of rotatable bonds is 7. The molecule has 21 heavy (non-hydrogen) atoms. The fourth-order valence-corrected chi connectivity index (χ4v) is 2.13. The van der Waals surface area contributed by atoms with Crippen LogP contribution in [0.5, 0.6) is 5.75 Å². The molecule has 1 heterocycles. The summed E-state index contributed by atoms with van der Waals surface area (Å²) >= 11 is 0. The maximum atomic E-state index is 11.8. The number of carbonyl (C=O) groups excluding carboxylic acids is 1. The third-order valence-corrected chi connectivity index (χ3v) is 3.09. The molecule has 0 radical (unpaired) electrons. The van der Waals surface area contributed by atoms with Crippen molar-refractivity contribution in [2.24, 2.45) is 0 Å². The van der Waals surface area contributed by atoms with E-state index in [1.807, 2.05) is 36.1 Å². The van der Waals surface area contributed by atoms with E-state index in [1.54, 1.807) is 18.4 Å². The van der Waals surface area contributed by atoms with Crippen LogP contribution in [0.2, 0.25) is 0 Å². The Morgan fingerprint density at radius 2 is 2.05 bits per heavy atom. The van der Waals surface area contributed by atoms with E-state index in [9.17, 15) is 9.90 Å². The number of carbonyl (C=O) groups is 1. The molecule has 5 nitrogen and oxygen atoms in total. The van der Waals surface area contributed by atoms with Crippen LogP contribution in [0.3, 0.4) is 0 Å². The van der Waals surface area contributed by atoms with Crippen molar-refractivity contribution in [3.63, 3.8) is 0 Å². The lowest BCUT2D eigenvalue weighted by molar-refractivity contribution is -0.122. The minimum atomic E-state index is -0.0422. The summed E-state index contributed by atoms with van der Waals surface area (Å²) in [6.07, 6.45) is 1.61. The zero-order chi connectivity index (χ0) is 15.1. The molecule has 0 saturated carbocycles. The molecule has 1 amide bonds. The van der Waals surface area contributed by atoms with Crippen molar-refractivity contribution in [1.29, 1.82) is 0 Å². The summed E-state index contributed by atoms with van der Waals surface area (Å²) in [5.41, 5.74) is 0.786.